The predicted octanol–water partition coefficient (Wildman–Crippen LogP) is 5.16. The summed E-state index contributed by atoms with van der Waals surface area (Å²) in [6.45, 7) is 9.20. The zero-order valence-electron chi connectivity index (χ0n) is 18.0. The molecule has 1 heterocycles. The highest BCUT2D eigenvalue weighted by Gasteiger charge is 2.22. The predicted molar refractivity (Wildman–Crippen MR) is 124 cm³/mol. The summed E-state index contributed by atoms with van der Waals surface area (Å²) in [5, 5.41) is 3.51. The molecule has 1 saturated heterocycles. The average molecular weight is 428 g/mol. The molecule has 160 valence electrons. The third-order valence-electron chi connectivity index (χ3n) is 5.48. The van der Waals surface area contributed by atoms with Gasteiger partial charge in [0.05, 0.1) is 10.7 Å². The first-order valence-corrected chi connectivity index (χ1v) is 11.0. The molecule has 0 saturated carbocycles. The fraction of sp³-hybridized carbons (Fsp3) is 0.417. The number of hydrogen-bond acceptors (Lipinski definition) is 3. The molecule has 1 aliphatic rings. The van der Waals surface area contributed by atoms with Gasteiger partial charge < -0.3 is 15.1 Å². The van der Waals surface area contributed by atoms with E-state index in [0.717, 1.165) is 25.2 Å². The van der Waals surface area contributed by atoms with Crippen molar-refractivity contribution in [3.8, 4) is 0 Å². The van der Waals surface area contributed by atoms with Crippen molar-refractivity contribution >= 4 is 34.8 Å². The standard InChI is InChI=1S/C24H30ClN3O2/c1-4-5-23(29)28-14-12-27(13-15-28)22-11-10-20(16-21(22)25)26-24(30)19-8-6-18(7-9-19)17(2)3/h6-11,16-17H,4-5,12-15H2,1-3H3,(H,26,30). The fourth-order valence-electron chi connectivity index (χ4n) is 3.63. The summed E-state index contributed by atoms with van der Waals surface area (Å²) in [4.78, 5) is 28.7. The summed E-state index contributed by atoms with van der Waals surface area (Å²) in [7, 11) is 0. The average Bonchev–Trinajstić information content (AvgIpc) is 2.74. The molecule has 1 aliphatic heterocycles. The molecule has 0 spiro atoms. The highest BCUT2D eigenvalue weighted by atomic mass is 35.5. The maximum atomic E-state index is 12.5. The molecule has 2 aromatic carbocycles. The minimum atomic E-state index is -0.155. The molecule has 0 atom stereocenters. The van der Waals surface area contributed by atoms with Crippen LogP contribution in [0.1, 0.15) is 55.5 Å². The second-order valence-electron chi connectivity index (χ2n) is 8.01. The Balaban J connectivity index is 1.61. The topological polar surface area (TPSA) is 52.7 Å². The summed E-state index contributed by atoms with van der Waals surface area (Å²) in [6, 6.07) is 13.3. The molecule has 2 aromatic rings. The van der Waals surface area contributed by atoms with Gasteiger partial charge in [0.2, 0.25) is 5.91 Å². The van der Waals surface area contributed by atoms with Gasteiger partial charge in [0, 0.05) is 43.9 Å². The van der Waals surface area contributed by atoms with Crippen LogP contribution in [-0.4, -0.2) is 42.9 Å². The van der Waals surface area contributed by atoms with E-state index in [0.29, 0.717) is 41.7 Å². The van der Waals surface area contributed by atoms with Crippen LogP contribution in [0.25, 0.3) is 0 Å². The molecule has 1 N–H and O–H groups in total. The van der Waals surface area contributed by atoms with E-state index < -0.39 is 0 Å². The van der Waals surface area contributed by atoms with Crippen LogP contribution >= 0.6 is 11.6 Å². The second-order valence-corrected chi connectivity index (χ2v) is 8.42. The molecule has 0 unspecified atom stereocenters. The maximum absolute atomic E-state index is 12.5. The summed E-state index contributed by atoms with van der Waals surface area (Å²) in [5.74, 6) is 0.500. The summed E-state index contributed by atoms with van der Waals surface area (Å²) >= 11 is 6.52. The molecule has 0 bridgehead atoms. The lowest BCUT2D eigenvalue weighted by Crippen LogP contribution is -2.48. The van der Waals surface area contributed by atoms with Crippen LogP contribution in [0.15, 0.2) is 42.5 Å². The Morgan fingerprint density at radius 3 is 2.27 bits per heavy atom. The van der Waals surface area contributed by atoms with Gasteiger partial charge in [-0.3, -0.25) is 9.59 Å². The van der Waals surface area contributed by atoms with Crippen molar-refractivity contribution in [1.29, 1.82) is 0 Å². The van der Waals surface area contributed by atoms with Crippen molar-refractivity contribution in [2.24, 2.45) is 0 Å². The number of benzene rings is 2. The van der Waals surface area contributed by atoms with Crippen molar-refractivity contribution in [1.82, 2.24) is 4.90 Å². The van der Waals surface area contributed by atoms with Crippen molar-refractivity contribution < 1.29 is 9.59 Å². The third-order valence-corrected chi connectivity index (χ3v) is 5.78. The van der Waals surface area contributed by atoms with Crippen molar-refractivity contribution in [3.63, 3.8) is 0 Å². The maximum Gasteiger partial charge on any atom is 0.255 e. The van der Waals surface area contributed by atoms with E-state index in [1.807, 2.05) is 48.2 Å². The largest absolute Gasteiger partial charge is 0.367 e. The van der Waals surface area contributed by atoms with Crippen molar-refractivity contribution in [2.75, 3.05) is 36.4 Å². The van der Waals surface area contributed by atoms with Crippen LogP contribution in [0, 0.1) is 0 Å². The van der Waals surface area contributed by atoms with Gasteiger partial charge in [0.25, 0.3) is 5.91 Å². The smallest absolute Gasteiger partial charge is 0.255 e. The third kappa shape index (κ3) is 5.33. The molecule has 6 heteroatoms. The highest BCUT2D eigenvalue weighted by Crippen LogP contribution is 2.30. The number of halogens is 1. The number of carbonyl (C=O) groups excluding carboxylic acids is 2. The van der Waals surface area contributed by atoms with Crippen LogP contribution in [-0.2, 0) is 4.79 Å². The van der Waals surface area contributed by atoms with Gasteiger partial charge in [-0.25, -0.2) is 0 Å². The van der Waals surface area contributed by atoms with Gasteiger partial charge in [-0.2, -0.15) is 0 Å². The minimum Gasteiger partial charge on any atom is -0.367 e. The van der Waals surface area contributed by atoms with E-state index in [9.17, 15) is 9.59 Å². The van der Waals surface area contributed by atoms with E-state index in [1.165, 1.54) is 5.56 Å². The van der Waals surface area contributed by atoms with E-state index in [-0.39, 0.29) is 11.8 Å². The lowest BCUT2D eigenvalue weighted by atomic mass is 10.0. The van der Waals surface area contributed by atoms with Gasteiger partial charge in [0.1, 0.15) is 0 Å². The monoisotopic (exact) mass is 427 g/mol. The number of hydrogen-bond donors (Lipinski definition) is 1. The van der Waals surface area contributed by atoms with E-state index in [1.54, 1.807) is 6.07 Å². The Hall–Kier alpha value is -2.53. The Morgan fingerprint density at radius 1 is 1.03 bits per heavy atom. The number of rotatable bonds is 6. The SMILES string of the molecule is CCCC(=O)N1CCN(c2ccc(NC(=O)c3ccc(C(C)C)cc3)cc2Cl)CC1. The van der Waals surface area contributed by atoms with E-state index in [4.69, 9.17) is 11.6 Å². The Kier molecular flexibility index (Phi) is 7.38. The van der Waals surface area contributed by atoms with Gasteiger partial charge in [-0.1, -0.05) is 44.5 Å². The number of nitrogens with one attached hydrogen (secondary N) is 1. The molecule has 30 heavy (non-hydrogen) atoms. The minimum absolute atomic E-state index is 0.155. The number of carbonyl (C=O) groups is 2. The number of amides is 2. The quantitative estimate of drug-likeness (QED) is 0.692. The summed E-state index contributed by atoms with van der Waals surface area (Å²) in [6.07, 6.45) is 1.48. The molecule has 0 aliphatic carbocycles. The van der Waals surface area contributed by atoms with Crippen LogP contribution in [0.3, 0.4) is 0 Å². The molecule has 0 aromatic heterocycles. The lowest BCUT2D eigenvalue weighted by Gasteiger charge is -2.36. The molecular formula is C24H30ClN3O2. The van der Waals surface area contributed by atoms with Crippen LogP contribution < -0.4 is 10.2 Å². The molecule has 3 rings (SSSR count). The molecular weight excluding hydrogens is 398 g/mol. The summed E-state index contributed by atoms with van der Waals surface area (Å²) < 4.78 is 0. The first-order valence-electron chi connectivity index (χ1n) is 10.6. The van der Waals surface area contributed by atoms with Gasteiger partial charge in [-0.15, -0.1) is 0 Å². The zero-order valence-corrected chi connectivity index (χ0v) is 18.7. The second kappa shape index (κ2) is 9.98. The molecule has 1 fully saturated rings. The van der Waals surface area contributed by atoms with E-state index >= 15 is 0 Å². The molecule has 0 radical (unpaired) electrons. The van der Waals surface area contributed by atoms with Crippen molar-refractivity contribution in [2.45, 2.75) is 39.5 Å². The van der Waals surface area contributed by atoms with Crippen LogP contribution in [0.5, 0.6) is 0 Å². The first-order chi connectivity index (χ1) is 14.4. The lowest BCUT2D eigenvalue weighted by molar-refractivity contribution is -0.131. The highest BCUT2D eigenvalue weighted by molar-refractivity contribution is 6.33. The number of piperazine rings is 1. The number of nitrogens with zero attached hydrogens (tertiary/aromatic N) is 2. The van der Waals surface area contributed by atoms with E-state index in [2.05, 4.69) is 24.1 Å². The first kappa shape index (κ1) is 22.2. The van der Waals surface area contributed by atoms with Crippen molar-refractivity contribution in [3.05, 3.63) is 58.6 Å². The number of anilines is 2. The van der Waals surface area contributed by atoms with Gasteiger partial charge in [-0.05, 0) is 48.2 Å². The van der Waals surface area contributed by atoms with Gasteiger partial charge >= 0.3 is 0 Å². The normalized spacial score (nSPS) is 14.2. The summed E-state index contributed by atoms with van der Waals surface area (Å²) in [5.41, 5.74) is 3.42. The Labute approximate surface area is 184 Å². The fourth-order valence-corrected chi connectivity index (χ4v) is 3.93. The molecule has 2 amide bonds. The van der Waals surface area contributed by atoms with Crippen LogP contribution in [0.2, 0.25) is 5.02 Å². The zero-order chi connectivity index (χ0) is 21.7. The van der Waals surface area contributed by atoms with Gasteiger partial charge in [0.15, 0.2) is 0 Å². The Bertz CT molecular complexity index is 888. The Morgan fingerprint density at radius 2 is 1.70 bits per heavy atom. The molecule has 5 nitrogen and oxygen atoms in total. The van der Waals surface area contributed by atoms with Crippen LogP contribution in [0.4, 0.5) is 11.4 Å².